The summed E-state index contributed by atoms with van der Waals surface area (Å²) in [5.41, 5.74) is 0. The van der Waals surface area contributed by atoms with Crippen molar-refractivity contribution in [2.24, 2.45) is 5.92 Å². The Bertz CT molecular complexity index is 314. The van der Waals surface area contributed by atoms with Gasteiger partial charge in [-0.15, -0.1) is 0 Å². The van der Waals surface area contributed by atoms with Gasteiger partial charge >= 0.3 is 5.97 Å². The minimum atomic E-state index is -0.845. The molecular weight excluding hydrogens is 244 g/mol. The van der Waals surface area contributed by atoms with Gasteiger partial charge in [0.05, 0.1) is 5.92 Å². The van der Waals surface area contributed by atoms with Crippen LogP contribution in [0, 0.1) is 5.92 Å². The van der Waals surface area contributed by atoms with Crippen molar-refractivity contribution in [3.8, 4) is 0 Å². The van der Waals surface area contributed by atoms with E-state index in [1.165, 1.54) is 0 Å². The minimum Gasteiger partial charge on any atom is -0.481 e. The number of amides is 1. The Balaban J connectivity index is 2.86. The molecule has 1 amide bonds. The molecule has 0 spiro atoms. The van der Waals surface area contributed by atoms with Gasteiger partial charge in [-0.1, -0.05) is 20.8 Å². The number of carboxylic acid groups (broad SMARTS) is 1. The molecule has 5 heteroatoms. The molecule has 0 aromatic heterocycles. The summed E-state index contributed by atoms with van der Waals surface area (Å²) in [5.74, 6) is -1.40. The third-order valence-corrected chi connectivity index (χ3v) is 3.78. The van der Waals surface area contributed by atoms with E-state index in [4.69, 9.17) is 0 Å². The van der Waals surface area contributed by atoms with Gasteiger partial charge in [-0.25, -0.2) is 0 Å². The number of likely N-dealkylation sites (N-methyl/N-ethyl adjacent to an activating group) is 1. The summed E-state index contributed by atoms with van der Waals surface area (Å²) < 4.78 is 0. The van der Waals surface area contributed by atoms with Crippen LogP contribution < -0.4 is 0 Å². The van der Waals surface area contributed by atoms with E-state index < -0.39 is 17.9 Å². The Kier molecular flexibility index (Phi) is 6.28. The van der Waals surface area contributed by atoms with E-state index in [9.17, 15) is 14.7 Å². The molecule has 0 radical (unpaired) electrons. The number of aliphatic carboxylic acids is 1. The maximum absolute atomic E-state index is 12.6. The molecule has 0 bridgehead atoms. The molecule has 5 nitrogen and oxygen atoms in total. The highest BCUT2D eigenvalue weighted by Gasteiger charge is 2.43. The van der Waals surface area contributed by atoms with E-state index in [1.807, 2.05) is 30.6 Å². The molecule has 0 aliphatic carbocycles. The van der Waals surface area contributed by atoms with Crippen LogP contribution in [0.15, 0.2) is 0 Å². The fourth-order valence-electron chi connectivity index (χ4n) is 2.86. The van der Waals surface area contributed by atoms with Crippen LogP contribution in [0.4, 0.5) is 0 Å². The second kappa shape index (κ2) is 7.48. The highest BCUT2D eigenvalue weighted by Crippen LogP contribution is 2.26. The molecule has 0 saturated carbocycles. The number of carbonyl (C=O) groups excluding carboxylic acids is 1. The number of rotatable bonds is 7. The average Bonchev–Trinajstić information content (AvgIpc) is 2.81. The lowest BCUT2D eigenvalue weighted by atomic mass is 9.99. The molecule has 0 aromatic carbocycles. The number of carbonyl (C=O) groups is 2. The standard InChI is InChI=1S/C14H26N2O3/c1-4-8-16(9-5-2)13(17)12-11(14(18)19)7-10-15(12)6-3/h11-12H,4-10H2,1-3H3,(H,18,19). The number of likely N-dealkylation sites (tertiary alicyclic amines) is 1. The highest BCUT2D eigenvalue weighted by molar-refractivity contribution is 5.88. The first-order chi connectivity index (χ1) is 9.06. The minimum absolute atomic E-state index is 0.00421. The topological polar surface area (TPSA) is 60.9 Å². The zero-order valence-electron chi connectivity index (χ0n) is 12.3. The molecule has 2 atom stereocenters. The number of hydrogen-bond donors (Lipinski definition) is 1. The lowest BCUT2D eigenvalue weighted by Gasteiger charge is -2.31. The summed E-state index contributed by atoms with van der Waals surface area (Å²) >= 11 is 0. The summed E-state index contributed by atoms with van der Waals surface area (Å²) in [5, 5.41) is 9.29. The van der Waals surface area contributed by atoms with Crippen LogP contribution in [0.1, 0.15) is 40.0 Å². The molecule has 1 rings (SSSR count). The predicted octanol–water partition coefficient (Wildman–Crippen LogP) is 1.43. The smallest absolute Gasteiger partial charge is 0.308 e. The Morgan fingerprint density at radius 1 is 1.21 bits per heavy atom. The Morgan fingerprint density at radius 2 is 1.79 bits per heavy atom. The van der Waals surface area contributed by atoms with Crippen LogP contribution >= 0.6 is 0 Å². The highest BCUT2D eigenvalue weighted by atomic mass is 16.4. The van der Waals surface area contributed by atoms with Crippen molar-refractivity contribution in [3.05, 3.63) is 0 Å². The van der Waals surface area contributed by atoms with Crippen molar-refractivity contribution >= 4 is 11.9 Å². The van der Waals surface area contributed by atoms with Crippen LogP contribution in [0.3, 0.4) is 0 Å². The zero-order chi connectivity index (χ0) is 14.4. The summed E-state index contributed by atoms with van der Waals surface area (Å²) in [6, 6.07) is -0.472. The maximum Gasteiger partial charge on any atom is 0.308 e. The molecule has 1 fully saturated rings. The predicted molar refractivity (Wildman–Crippen MR) is 73.9 cm³/mol. The van der Waals surface area contributed by atoms with Gasteiger partial charge in [0.2, 0.25) is 5.91 Å². The van der Waals surface area contributed by atoms with Gasteiger partial charge in [0.25, 0.3) is 0 Å². The van der Waals surface area contributed by atoms with E-state index in [1.54, 1.807) is 0 Å². The van der Waals surface area contributed by atoms with Crippen LogP contribution in [-0.4, -0.2) is 59.0 Å². The molecule has 1 heterocycles. The molecule has 1 aliphatic heterocycles. The van der Waals surface area contributed by atoms with E-state index in [0.29, 0.717) is 26.1 Å². The SMILES string of the molecule is CCCN(CCC)C(=O)C1C(C(=O)O)CCN1CC. The molecule has 1 N–H and O–H groups in total. The van der Waals surface area contributed by atoms with Gasteiger partial charge in [0.1, 0.15) is 6.04 Å². The Hall–Kier alpha value is -1.10. The monoisotopic (exact) mass is 270 g/mol. The number of hydrogen-bond acceptors (Lipinski definition) is 3. The lowest BCUT2D eigenvalue weighted by Crippen LogP contribution is -2.50. The summed E-state index contributed by atoms with van der Waals surface area (Å²) in [7, 11) is 0. The Labute approximate surface area is 115 Å². The van der Waals surface area contributed by atoms with E-state index in [2.05, 4.69) is 0 Å². The second-order valence-electron chi connectivity index (χ2n) is 5.13. The molecule has 0 aromatic rings. The lowest BCUT2D eigenvalue weighted by molar-refractivity contribution is -0.148. The molecule has 2 unspecified atom stereocenters. The quantitative estimate of drug-likeness (QED) is 0.760. The summed E-state index contributed by atoms with van der Waals surface area (Å²) in [6.07, 6.45) is 2.39. The van der Waals surface area contributed by atoms with Gasteiger partial charge < -0.3 is 10.0 Å². The van der Waals surface area contributed by atoms with Crippen LogP contribution in [0.2, 0.25) is 0 Å². The van der Waals surface area contributed by atoms with Crippen LogP contribution in [-0.2, 0) is 9.59 Å². The fraction of sp³-hybridized carbons (Fsp3) is 0.857. The number of carboxylic acids is 1. The third kappa shape index (κ3) is 3.69. The van der Waals surface area contributed by atoms with E-state index in [-0.39, 0.29) is 5.91 Å². The van der Waals surface area contributed by atoms with E-state index in [0.717, 1.165) is 19.4 Å². The van der Waals surface area contributed by atoms with Gasteiger partial charge in [-0.2, -0.15) is 0 Å². The van der Waals surface area contributed by atoms with Crippen LogP contribution in [0.5, 0.6) is 0 Å². The van der Waals surface area contributed by atoms with Crippen molar-refractivity contribution in [1.29, 1.82) is 0 Å². The molecule has 110 valence electrons. The first kappa shape index (κ1) is 16.0. The van der Waals surface area contributed by atoms with Gasteiger partial charge in [-0.3, -0.25) is 14.5 Å². The average molecular weight is 270 g/mol. The van der Waals surface area contributed by atoms with Gasteiger partial charge in [0, 0.05) is 13.1 Å². The zero-order valence-corrected chi connectivity index (χ0v) is 12.3. The van der Waals surface area contributed by atoms with Crippen molar-refractivity contribution in [1.82, 2.24) is 9.80 Å². The number of nitrogens with zero attached hydrogens (tertiary/aromatic N) is 2. The van der Waals surface area contributed by atoms with Crippen LogP contribution in [0.25, 0.3) is 0 Å². The normalized spacial score (nSPS) is 23.5. The summed E-state index contributed by atoms with van der Waals surface area (Å²) in [6.45, 7) is 8.92. The fourth-order valence-corrected chi connectivity index (χ4v) is 2.86. The van der Waals surface area contributed by atoms with Gasteiger partial charge in [0.15, 0.2) is 0 Å². The largest absolute Gasteiger partial charge is 0.481 e. The van der Waals surface area contributed by atoms with Crippen molar-refractivity contribution in [3.63, 3.8) is 0 Å². The molecular formula is C14H26N2O3. The summed E-state index contributed by atoms with van der Waals surface area (Å²) in [4.78, 5) is 27.8. The first-order valence-corrected chi connectivity index (χ1v) is 7.32. The second-order valence-corrected chi connectivity index (χ2v) is 5.13. The maximum atomic E-state index is 12.6. The van der Waals surface area contributed by atoms with Crippen molar-refractivity contribution < 1.29 is 14.7 Å². The molecule has 1 saturated heterocycles. The van der Waals surface area contributed by atoms with E-state index >= 15 is 0 Å². The molecule has 1 aliphatic rings. The Morgan fingerprint density at radius 3 is 2.21 bits per heavy atom. The van der Waals surface area contributed by atoms with Crippen molar-refractivity contribution in [2.75, 3.05) is 26.2 Å². The molecule has 19 heavy (non-hydrogen) atoms. The third-order valence-electron chi connectivity index (χ3n) is 3.78. The van der Waals surface area contributed by atoms with Crippen molar-refractivity contribution in [2.45, 2.75) is 46.1 Å². The first-order valence-electron chi connectivity index (χ1n) is 7.32. The van der Waals surface area contributed by atoms with Gasteiger partial charge in [-0.05, 0) is 32.4 Å².